The molecule has 19 heavy (non-hydrogen) atoms. The molecule has 1 aromatic rings. The van der Waals surface area contributed by atoms with E-state index in [1.165, 1.54) is 0 Å². The zero-order valence-electron chi connectivity index (χ0n) is 10.5. The first-order valence-corrected chi connectivity index (χ1v) is 8.00. The third-order valence-corrected chi connectivity index (χ3v) is 4.82. The second-order valence-electron chi connectivity index (χ2n) is 4.85. The summed E-state index contributed by atoms with van der Waals surface area (Å²) in [6.45, 7) is 0.409. The highest BCUT2D eigenvalue weighted by Crippen LogP contribution is 2.13. The summed E-state index contributed by atoms with van der Waals surface area (Å²) in [7, 11) is -3.01. The Morgan fingerprint density at radius 2 is 2.21 bits per heavy atom. The summed E-state index contributed by atoms with van der Waals surface area (Å²) >= 11 is 0. The van der Waals surface area contributed by atoms with E-state index in [-0.39, 0.29) is 41.9 Å². The minimum Gasteiger partial charge on any atom is -0.508 e. The summed E-state index contributed by atoms with van der Waals surface area (Å²) in [6, 6.07) is 6.25. The average molecular weight is 283 g/mol. The molecule has 0 bridgehead atoms. The maximum absolute atomic E-state index is 11.9. The van der Waals surface area contributed by atoms with Crippen LogP contribution in [0, 0.1) is 0 Å². The molecule has 1 fully saturated rings. The number of Topliss-reactive ketones (excluding diaryl/α,β-unsaturated/α-hetero) is 1. The fourth-order valence-electron chi connectivity index (χ4n) is 2.24. The molecule has 1 aliphatic heterocycles. The summed E-state index contributed by atoms with van der Waals surface area (Å²) in [4.78, 5) is 11.9. The number of carbonyl (C=O) groups is 1. The van der Waals surface area contributed by atoms with E-state index in [0.717, 1.165) is 5.56 Å². The number of benzene rings is 1. The third-order valence-electron chi connectivity index (χ3n) is 3.09. The lowest BCUT2D eigenvalue weighted by Crippen LogP contribution is -2.46. The predicted molar refractivity (Wildman–Crippen MR) is 71.9 cm³/mol. The Hall–Kier alpha value is -1.40. The molecule has 1 saturated heterocycles. The second kappa shape index (κ2) is 5.71. The van der Waals surface area contributed by atoms with Crippen molar-refractivity contribution in [3.8, 4) is 5.75 Å². The number of phenolic OH excluding ortho intramolecular Hbond substituents is 1. The lowest BCUT2D eigenvalue weighted by atomic mass is 10.0. The van der Waals surface area contributed by atoms with E-state index < -0.39 is 9.84 Å². The van der Waals surface area contributed by atoms with Crippen LogP contribution >= 0.6 is 0 Å². The highest BCUT2D eigenvalue weighted by atomic mass is 32.2. The van der Waals surface area contributed by atoms with Crippen molar-refractivity contribution in [2.75, 3.05) is 18.1 Å². The maximum atomic E-state index is 11.9. The first-order valence-electron chi connectivity index (χ1n) is 6.18. The molecule has 5 nitrogen and oxygen atoms in total. The first-order chi connectivity index (χ1) is 8.94. The lowest BCUT2D eigenvalue weighted by molar-refractivity contribution is -0.118. The Balaban J connectivity index is 1.91. The van der Waals surface area contributed by atoms with E-state index in [0.29, 0.717) is 6.54 Å². The topological polar surface area (TPSA) is 83.5 Å². The number of phenols is 1. The summed E-state index contributed by atoms with van der Waals surface area (Å²) in [6.07, 6.45) is 0.418. The van der Waals surface area contributed by atoms with Crippen LogP contribution in [0.5, 0.6) is 5.75 Å². The third kappa shape index (κ3) is 4.33. The van der Waals surface area contributed by atoms with E-state index in [1.807, 2.05) is 0 Å². The van der Waals surface area contributed by atoms with E-state index in [9.17, 15) is 18.3 Å². The second-order valence-corrected chi connectivity index (χ2v) is 7.08. The van der Waals surface area contributed by atoms with Gasteiger partial charge in [-0.2, -0.15) is 0 Å². The minimum absolute atomic E-state index is 0.0266. The van der Waals surface area contributed by atoms with Gasteiger partial charge in [0.05, 0.1) is 11.5 Å². The standard InChI is InChI=1S/C13H17NO4S/c15-12-3-1-2-10(6-12)7-13(16)8-11-9-19(17,18)5-4-14-11/h1-3,6,11,14-15H,4-5,7-9H2. The maximum Gasteiger partial charge on any atom is 0.153 e. The zero-order chi connectivity index (χ0) is 13.9. The summed E-state index contributed by atoms with van der Waals surface area (Å²) in [5, 5.41) is 12.4. The lowest BCUT2D eigenvalue weighted by Gasteiger charge is -2.22. The fraction of sp³-hybridized carbons (Fsp3) is 0.462. The van der Waals surface area contributed by atoms with E-state index >= 15 is 0 Å². The number of rotatable bonds is 4. The van der Waals surface area contributed by atoms with Gasteiger partial charge in [-0.25, -0.2) is 8.42 Å². The van der Waals surface area contributed by atoms with Crippen LogP contribution in [0.25, 0.3) is 0 Å². The van der Waals surface area contributed by atoms with E-state index in [4.69, 9.17) is 0 Å². The number of hydrogen-bond acceptors (Lipinski definition) is 5. The summed E-state index contributed by atoms with van der Waals surface area (Å²) in [5.41, 5.74) is 0.740. The molecule has 1 aliphatic rings. The average Bonchev–Trinajstić information content (AvgIpc) is 2.27. The van der Waals surface area contributed by atoms with Crippen molar-refractivity contribution in [1.29, 1.82) is 0 Å². The van der Waals surface area contributed by atoms with Gasteiger partial charge >= 0.3 is 0 Å². The Bertz CT molecular complexity index is 568. The Labute approximate surface area is 112 Å². The van der Waals surface area contributed by atoms with Crippen LogP contribution in [0.2, 0.25) is 0 Å². The molecule has 0 saturated carbocycles. The van der Waals surface area contributed by atoms with Gasteiger partial charge in [-0.3, -0.25) is 4.79 Å². The number of hydrogen-bond donors (Lipinski definition) is 2. The minimum atomic E-state index is -3.01. The van der Waals surface area contributed by atoms with Crippen molar-refractivity contribution in [2.45, 2.75) is 18.9 Å². The molecule has 0 aliphatic carbocycles. The fourth-order valence-corrected chi connectivity index (χ4v) is 3.68. The van der Waals surface area contributed by atoms with Crippen LogP contribution in [0.1, 0.15) is 12.0 Å². The smallest absolute Gasteiger partial charge is 0.153 e. The van der Waals surface area contributed by atoms with Crippen molar-refractivity contribution in [1.82, 2.24) is 5.32 Å². The van der Waals surface area contributed by atoms with Crippen molar-refractivity contribution in [2.24, 2.45) is 0 Å². The molecule has 6 heteroatoms. The van der Waals surface area contributed by atoms with Crippen LogP contribution in [0.15, 0.2) is 24.3 Å². The monoisotopic (exact) mass is 283 g/mol. The van der Waals surface area contributed by atoms with Crippen molar-refractivity contribution >= 4 is 15.6 Å². The van der Waals surface area contributed by atoms with Gasteiger partial charge in [0, 0.05) is 25.4 Å². The van der Waals surface area contributed by atoms with Crippen molar-refractivity contribution in [3.63, 3.8) is 0 Å². The zero-order valence-corrected chi connectivity index (χ0v) is 11.3. The first kappa shape index (κ1) is 14.0. The molecule has 0 aromatic heterocycles. The molecule has 2 rings (SSSR count). The number of carbonyl (C=O) groups excluding carboxylic acids is 1. The van der Waals surface area contributed by atoms with E-state index in [2.05, 4.69) is 5.32 Å². The van der Waals surface area contributed by atoms with Crippen LogP contribution in [0.4, 0.5) is 0 Å². The molecule has 0 spiro atoms. The normalized spacial score (nSPS) is 22.0. The van der Waals surface area contributed by atoms with Crippen LogP contribution in [-0.2, 0) is 21.1 Å². The molecule has 0 radical (unpaired) electrons. The number of nitrogens with one attached hydrogen (secondary N) is 1. The quantitative estimate of drug-likeness (QED) is 0.829. The SMILES string of the molecule is O=C(Cc1cccc(O)c1)CC1CS(=O)(=O)CCN1. The molecule has 1 heterocycles. The van der Waals surface area contributed by atoms with Crippen LogP contribution in [-0.4, -0.2) is 43.4 Å². The summed E-state index contributed by atoms with van der Waals surface area (Å²) in [5.74, 6) is 0.270. The molecule has 104 valence electrons. The largest absolute Gasteiger partial charge is 0.508 e. The Morgan fingerprint density at radius 3 is 2.89 bits per heavy atom. The highest BCUT2D eigenvalue weighted by molar-refractivity contribution is 7.91. The highest BCUT2D eigenvalue weighted by Gasteiger charge is 2.25. The van der Waals surface area contributed by atoms with Crippen LogP contribution < -0.4 is 5.32 Å². The van der Waals surface area contributed by atoms with Gasteiger partial charge in [-0.05, 0) is 17.7 Å². The molecule has 1 aromatic carbocycles. The Kier molecular flexibility index (Phi) is 4.21. The molecule has 0 amide bonds. The van der Waals surface area contributed by atoms with Gasteiger partial charge in [-0.1, -0.05) is 12.1 Å². The molecular weight excluding hydrogens is 266 g/mol. The predicted octanol–water partition coefficient (Wildman–Crippen LogP) is 0.281. The molecule has 2 N–H and O–H groups in total. The van der Waals surface area contributed by atoms with Crippen LogP contribution in [0.3, 0.4) is 0 Å². The van der Waals surface area contributed by atoms with Gasteiger partial charge in [0.1, 0.15) is 11.5 Å². The Morgan fingerprint density at radius 1 is 1.42 bits per heavy atom. The van der Waals surface area contributed by atoms with Crippen molar-refractivity contribution < 1.29 is 18.3 Å². The van der Waals surface area contributed by atoms with Gasteiger partial charge in [0.25, 0.3) is 0 Å². The summed E-state index contributed by atoms with van der Waals surface area (Å²) < 4.78 is 22.9. The number of ketones is 1. The van der Waals surface area contributed by atoms with Gasteiger partial charge in [0.15, 0.2) is 9.84 Å². The van der Waals surface area contributed by atoms with Crippen molar-refractivity contribution in [3.05, 3.63) is 29.8 Å². The molecule has 1 atom stereocenters. The van der Waals surface area contributed by atoms with Gasteiger partial charge in [-0.15, -0.1) is 0 Å². The number of aromatic hydroxyl groups is 1. The van der Waals surface area contributed by atoms with Gasteiger partial charge in [0.2, 0.25) is 0 Å². The number of sulfone groups is 1. The molecular formula is C13H17NO4S. The molecule has 1 unspecified atom stereocenters. The van der Waals surface area contributed by atoms with E-state index in [1.54, 1.807) is 24.3 Å². The van der Waals surface area contributed by atoms with Gasteiger partial charge < -0.3 is 10.4 Å².